The van der Waals surface area contributed by atoms with Gasteiger partial charge in [0.25, 0.3) is 15.9 Å². The Balaban J connectivity index is 1.95. The van der Waals surface area contributed by atoms with E-state index in [1.807, 2.05) is 0 Å². The number of anilines is 2. The van der Waals surface area contributed by atoms with Gasteiger partial charge in [0.15, 0.2) is 0 Å². The highest BCUT2D eigenvalue weighted by Crippen LogP contribution is 2.30. The highest BCUT2D eigenvalue weighted by molar-refractivity contribution is 9.10. The number of carbonyl (C=O) groups excluding carboxylic acids is 1. The first-order valence-electron chi connectivity index (χ1n) is 9.02. The lowest BCUT2D eigenvalue weighted by Crippen LogP contribution is -2.17. The monoisotopic (exact) mass is 510 g/mol. The van der Waals surface area contributed by atoms with Crippen molar-refractivity contribution in [1.29, 1.82) is 0 Å². The third kappa shape index (κ3) is 5.39. The van der Waals surface area contributed by atoms with Crippen molar-refractivity contribution < 1.29 is 26.7 Å². The Morgan fingerprint density at radius 1 is 1.00 bits per heavy atom. The molecule has 0 bridgehead atoms. The summed E-state index contributed by atoms with van der Waals surface area (Å²) in [5.41, 5.74) is -0.434. The summed E-state index contributed by atoms with van der Waals surface area (Å²) in [6, 6.07) is 13.0. The minimum absolute atomic E-state index is 0.0225. The lowest BCUT2D eigenvalue weighted by molar-refractivity contribution is 0.102. The summed E-state index contributed by atoms with van der Waals surface area (Å²) >= 11 is 3.10. The molecule has 3 aromatic carbocycles. The molecule has 0 saturated carbocycles. The molecule has 10 heteroatoms. The van der Waals surface area contributed by atoms with Crippen LogP contribution in [0.25, 0.3) is 0 Å². The van der Waals surface area contributed by atoms with E-state index in [0.717, 1.165) is 18.2 Å². The van der Waals surface area contributed by atoms with E-state index < -0.39 is 27.6 Å². The molecule has 31 heavy (non-hydrogen) atoms. The van der Waals surface area contributed by atoms with Crippen molar-refractivity contribution in [2.45, 2.75) is 11.8 Å². The van der Waals surface area contributed by atoms with E-state index in [-0.39, 0.29) is 34.2 Å². The molecule has 0 aromatic heterocycles. The van der Waals surface area contributed by atoms with Crippen LogP contribution in [0.3, 0.4) is 0 Å². The average molecular weight is 511 g/mol. The van der Waals surface area contributed by atoms with E-state index in [1.54, 1.807) is 6.92 Å². The van der Waals surface area contributed by atoms with Gasteiger partial charge in [0.1, 0.15) is 17.4 Å². The minimum atomic E-state index is -4.20. The molecular formula is C21H17BrF2N2O4S. The van der Waals surface area contributed by atoms with Crippen molar-refractivity contribution in [3.63, 3.8) is 0 Å². The second-order valence-electron chi connectivity index (χ2n) is 6.25. The van der Waals surface area contributed by atoms with Gasteiger partial charge in [-0.2, -0.15) is 0 Å². The maximum Gasteiger partial charge on any atom is 0.262 e. The van der Waals surface area contributed by atoms with E-state index in [2.05, 4.69) is 26.0 Å². The number of benzene rings is 3. The lowest BCUT2D eigenvalue weighted by atomic mass is 10.2. The molecule has 0 unspecified atom stereocenters. The maximum absolute atomic E-state index is 14.1. The van der Waals surface area contributed by atoms with Crippen LogP contribution in [0.1, 0.15) is 17.3 Å². The van der Waals surface area contributed by atoms with Crippen molar-refractivity contribution in [2.75, 3.05) is 16.6 Å². The van der Waals surface area contributed by atoms with Crippen molar-refractivity contribution in [3.8, 4) is 5.75 Å². The van der Waals surface area contributed by atoms with Gasteiger partial charge in [-0.05, 0) is 55.5 Å². The molecule has 0 heterocycles. The molecule has 2 N–H and O–H groups in total. The minimum Gasteiger partial charge on any atom is -0.492 e. The SMILES string of the molecule is CCOc1ccc(S(=O)(=O)Nc2ccc(Br)cc2F)cc1NC(=O)c1ccccc1F. The largest absolute Gasteiger partial charge is 0.492 e. The topological polar surface area (TPSA) is 84.5 Å². The van der Waals surface area contributed by atoms with Gasteiger partial charge in [-0.25, -0.2) is 17.2 Å². The Morgan fingerprint density at radius 2 is 1.74 bits per heavy atom. The van der Waals surface area contributed by atoms with Gasteiger partial charge in [-0.3, -0.25) is 9.52 Å². The standard InChI is InChI=1S/C21H17BrF2N2O4S/c1-2-30-20-10-8-14(31(28,29)26-18-9-7-13(22)11-17(18)24)12-19(20)25-21(27)15-5-3-4-6-16(15)23/h3-12,26H,2H2,1H3,(H,25,27). The quantitative estimate of drug-likeness (QED) is 0.458. The number of hydrogen-bond acceptors (Lipinski definition) is 4. The van der Waals surface area contributed by atoms with Gasteiger partial charge in [0.05, 0.1) is 28.4 Å². The third-order valence-corrected chi connectivity index (χ3v) is 5.96. The summed E-state index contributed by atoms with van der Waals surface area (Å²) in [4.78, 5) is 12.2. The molecule has 162 valence electrons. The molecule has 0 aliphatic rings. The highest BCUT2D eigenvalue weighted by Gasteiger charge is 2.20. The maximum atomic E-state index is 14.1. The Kier molecular flexibility index (Phi) is 6.91. The molecule has 3 aromatic rings. The summed E-state index contributed by atoms with van der Waals surface area (Å²) in [6.45, 7) is 1.96. The highest BCUT2D eigenvalue weighted by atomic mass is 79.9. The Hall–Kier alpha value is -2.98. The molecule has 3 rings (SSSR count). The summed E-state index contributed by atoms with van der Waals surface area (Å²) in [6.07, 6.45) is 0. The summed E-state index contributed by atoms with van der Waals surface area (Å²) in [5, 5.41) is 2.47. The fourth-order valence-corrected chi connectivity index (χ4v) is 4.09. The van der Waals surface area contributed by atoms with Crippen LogP contribution in [-0.4, -0.2) is 20.9 Å². The molecule has 6 nitrogen and oxygen atoms in total. The van der Waals surface area contributed by atoms with Crippen LogP contribution in [0.15, 0.2) is 70.0 Å². The molecule has 0 saturated heterocycles. The van der Waals surface area contributed by atoms with Gasteiger partial charge in [-0.15, -0.1) is 0 Å². The fourth-order valence-electron chi connectivity index (χ4n) is 2.67. The van der Waals surface area contributed by atoms with E-state index >= 15 is 0 Å². The van der Waals surface area contributed by atoms with Crippen LogP contribution in [0.5, 0.6) is 5.75 Å². The van der Waals surface area contributed by atoms with Crippen LogP contribution in [0.2, 0.25) is 0 Å². The molecule has 0 fully saturated rings. The van der Waals surface area contributed by atoms with Crippen molar-refractivity contribution in [2.24, 2.45) is 0 Å². The van der Waals surface area contributed by atoms with Crippen LogP contribution in [-0.2, 0) is 10.0 Å². The number of carbonyl (C=O) groups is 1. The second kappa shape index (κ2) is 9.44. The molecule has 0 aliphatic carbocycles. The zero-order valence-electron chi connectivity index (χ0n) is 16.2. The van der Waals surface area contributed by atoms with E-state index in [4.69, 9.17) is 4.74 Å². The van der Waals surface area contributed by atoms with Crippen LogP contribution >= 0.6 is 15.9 Å². The van der Waals surface area contributed by atoms with Crippen molar-refractivity contribution in [1.82, 2.24) is 0 Å². The number of nitrogens with one attached hydrogen (secondary N) is 2. The number of hydrogen-bond donors (Lipinski definition) is 2. The average Bonchev–Trinajstić information content (AvgIpc) is 2.71. The van der Waals surface area contributed by atoms with Gasteiger partial charge in [0.2, 0.25) is 0 Å². The summed E-state index contributed by atoms with van der Waals surface area (Å²) < 4.78 is 61.6. The van der Waals surface area contributed by atoms with Gasteiger partial charge in [0, 0.05) is 4.47 Å². The van der Waals surface area contributed by atoms with E-state index in [0.29, 0.717) is 4.47 Å². The number of amides is 1. The molecule has 1 amide bonds. The summed E-state index contributed by atoms with van der Waals surface area (Å²) in [5.74, 6) is -2.08. The van der Waals surface area contributed by atoms with Gasteiger partial charge >= 0.3 is 0 Å². The fraction of sp³-hybridized carbons (Fsp3) is 0.0952. The van der Waals surface area contributed by atoms with Crippen LogP contribution in [0, 0.1) is 11.6 Å². The smallest absolute Gasteiger partial charge is 0.262 e. The third-order valence-electron chi connectivity index (χ3n) is 4.10. The number of ether oxygens (including phenoxy) is 1. The number of sulfonamides is 1. The summed E-state index contributed by atoms with van der Waals surface area (Å²) in [7, 11) is -4.20. The first kappa shape index (κ1) is 22.7. The number of rotatable bonds is 7. The number of halogens is 3. The molecule has 0 spiro atoms. The Bertz CT molecular complexity index is 1240. The first-order valence-corrected chi connectivity index (χ1v) is 11.3. The first-order chi connectivity index (χ1) is 14.7. The van der Waals surface area contributed by atoms with Crippen molar-refractivity contribution in [3.05, 3.63) is 82.3 Å². The van der Waals surface area contributed by atoms with Crippen LogP contribution < -0.4 is 14.8 Å². The lowest BCUT2D eigenvalue weighted by Gasteiger charge is -2.15. The molecule has 0 aliphatic heterocycles. The zero-order chi connectivity index (χ0) is 22.6. The van der Waals surface area contributed by atoms with Gasteiger partial charge < -0.3 is 10.1 Å². The second-order valence-corrected chi connectivity index (χ2v) is 8.85. The van der Waals surface area contributed by atoms with Crippen molar-refractivity contribution >= 4 is 43.2 Å². The Morgan fingerprint density at radius 3 is 2.42 bits per heavy atom. The van der Waals surface area contributed by atoms with Gasteiger partial charge in [-0.1, -0.05) is 28.1 Å². The van der Waals surface area contributed by atoms with E-state index in [1.165, 1.54) is 42.5 Å². The molecule has 0 atom stereocenters. The van der Waals surface area contributed by atoms with E-state index in [9.17, 15) is 22.0 Å². The predicted molar refractivity (Wildman–Crippen MR) is 117 cm³/mol. The molecular weight excluding hydrogens is 494 g/mol. The van der Waals surface area contributed by atoms with Crippen LogP contribution in [0.4, 0.5) is 20.2 Å². The normalized spacial score (nSPS) is 11.1. The molecule has 0 radical (unpaired) electrons. The Labute approximate surface area is 186 Å². The zero-order valence-corrected chi connectivity index (χ0v) is 18.6. The predicted octanol–water partition coefficient (Wildman–Crippen LogP) is 5.18.